The first-order valence-corrected chi connectivity index (χ1v) is 11.4. The number of piperazine rings is 1. The number of rotatable bonds is 5. The first kappa shape index (κ1) is 22.8. The molecule has 0 bridgehead atoms. The Morgan fingerprint density at radius 1 is 0.909 bits per heavy atom. The van der Waals surface area contributed by atoms with Crippen LogP contribution in [0.25, 0.3) is 10.8 Å². The molecule has 6 nitrogen and oxygen atoms in total. The molecule has 7 heteroatoms. The Bertz CT molecular complexity index is 1180. The Kier molecular flexibility index (Phi) is 6.94. The molecule has 1 saturated heterocycles. The Balaban J connectivity index is 1.30. The smallest absolute Gasteiger partial charge is 0.254 e. The summed E-state index contributed by atoms with van der Waals surface area (Å²) >= 11 is 5.99. The SMILES string of the molecule is CC(NC(=O)Cc1cccc2ccccc12)C(=O)N1CCN(C(=O)c2cccc(Cl)c2)CC1. The van der Waals surface area contributed by atoms with E-state index >= 15 is 0 Å². The molecule has 1 heterocycles. The third kappa shape index (κ3) is 5.34. The van der Waals surface area contributed by atoms with Crippen LogP contribution in [0, 0.1) is 0 Å². The zero-order valence-corrected chi connectivity index (χ0v) is 19.2. The van der Waals surface area contributed by atoms with Gasteiger partial charge in [0.05, 0.1) is 6.42 Å². The molecular weight excluding hydrogens is 438 g/mol. The molecule has 4 rings (SSSR count). The molecular formula is C26H26ClN3O3. The van der Waals surface area contributed by atoms with Gasteiger partial charge in [0.25, 0.3) is 5.91 Å². The number of hydrogen-bond acceptors (Lipinski definition) is 3. The Morgan fingerprint density at radius 3 is 2.33 bits per heavy atom. The molecule has 1 atom stereocenters. The average molecular weight is 464 g/mol. The molecule has 33 heavy (non-hydrogen) atoms. The van der Waals surface area contributed by atoms with Crippen LogP contribution in [0.5, 0.6) is 0 Å². The average Bonchev–Trinajstić information content (AvgIpc) is 2.83. The molecule has 1 fully saturated rings. The lowest BCUT2D eigenvalue weighted by molar-refractivity contribution is -0.137. The molecule has 0 radical (unpaired) electrons. The molecule has 3 aromatic carbocycles. The van der Waals surface area contributed by atoms with Crippen LogP contribution < -0.4 is 5.32 Å². The lowest BCUT2D eigenvalue weighted by atomic mass is 10.0. The summed E-state index contributed by atoms with van der Waals surface area (Å²) < 4.78 is 0. The maximum absolute atomic E-state index is 12.9. The molecule has 170 valence electrons. The van der Waals surface area contributed by atoms with E-state index in [9.17, 15) is 14.4 Å². The van der Waals surface area contributed by atoms with Gasteiger partial charge in [-0.25, -0.2) is 0 Å². The summed E-state index contributed by atoms with van der Waals surface area (Å²) in [7, 11) is 0. The molecule has 1 aliphatic rings. The van der Waals surface area contributed by atoms with Crippen LogP contribution >= 0.6 is 11.6 Å². The fraction of sp³-hybridized carbons (Fsp3) is 0.269. The predicted molar refractivity (Wildman–Crippen MR) is 129 cm³/mol. The van der Waals surface area contributed by atoms with Crippen molar-refractivity contribution in [3.05, 3.63) is 82.9 Å². The highest BCUT2D eigenvalue weighted by Crippen LogP contribution is 2.19. The summed E-state index contributed by atoms with van der Waals surface area (Å²) in [5.74, 6) is -0.431. The van der Waals surface area contributed by atoms with Crippen LogP contribution in [0.2, 0.25) is 5.02 Å². The van der Waals surface area contributed by atoms with E-state index in [1.807, 2.05) is 42.5 Å². The number of carbonyl (C=O) groups is 3. The van der Waals surface area contributed by atoms with Crippen LogP contribution in [0.15, 0.2) is 66.7 Å². The van der Waals surface area contributed by atoms with Crippen molar-refractivity contribution in [3.8, 4) is 0 Å². The van der Waals surface area contributed by atoms with Gasteiger partial charge in [-0.15, -0.1) is 0 Å². The summed E-state index contributed by atoms with van der Waals surface area (Å²) in [6.45, 7) is 3.43. The van der Waals surface area contributed by atoms with Gasteiger partial charge in [0.2, 0.25) is 11.8 Å². The summed E-state index contributed by atoms with van der Waals surface area (Å²) in [5, 5.41) is 5.46. The molecule has 0 saturated carbocycles. The third-order valence-electron chi connectivity index (χ3n) is 5.93. The highest BCUT2D eigenvalue weighted by atomic mass is 35.5. The minimum Gasteiger partial charge on any atom is -0.344 e. The zero-order valence-electron chi connectivity index (χ0n) is 18.5. The molecule has 1 N–H and O–H groups in total. The molecule has 3 amide bonds. The number of nitrogens with one attached hydrogen (secondary N) is 1. The van der Waals surface area contributed by atoms with E-state index in [-0.39, 0.29) is 24.1 Å². The topological polar surface area (TPSA) is 69.7 Å². The second-order valence-electron chi connectivity index (χ2n) is 8.23. The van der Waals surface area contributed by atoms with Crippen molar-refractivity contribution in [2.75, 3.05) is 26.2 Å². The van der Waals surface area contributed by atoms with Crippen LogP contribution in [0.1, 0.15) is 22.8 Å². The van der Waals surface area contributed by atoms with Crippen LogP contribution in [0.4, 0.5) is 0 Å². The minimum absolute atomic E-state index is 0.0963. The molecule has 0 aliphatic carbocycles. The number of amides is 3. The van der Waals surface area contributed by atoms with Crippen molar-refractivity contribution in [2.45, 2.75) is 19.4 Å². The van der Waals surface area contributed by atoms with E-state index in [0.717, 1.165) is 16.3 Å². The maximum atomic E-state index is 12.9. The van der Waals surface area contributed by atoms with Crippen LogP contribution in [-0.4, -0.2) is 59.7 Å². The number of halogens is 1. The van der Waals surface area contributed by atoms with E-state index in [1.165, 1.54) is 0 Å². The van der Waals surface area contributed by atoms with E-state index in [0.29, 0.717) is 36.8 Å². The largest absolute Gasteiger partial charge is 0.344 e. The summed E-state index contributed by atoms with van der Waals surface area (Å²) in [4.78, 5) is 41.6. The Morgan fingerprint density at radius 2 is 1.58 bits per heavy atom. The Labute approximate surface area is 198 Å². The molecule has 1 unspecified atom stereocenters. The van der Waals surface area contributed by atoms with Gasteiger partial charge in [0, 0.05) is 36.8 Å². The van der Waals surface area contributed by atoms with Gasteiger partial charge >= 0.3 is 0 Å². The van der Waals surface area contributed by atoms with Crippen molar-refractivity contribution in [1.29, 1.82) is 0 Å². The van der Waals surface area contributed by atoms with Gasteiger partial charge in [0.15, 0.2) is 0 Å². The number of benzene rings is 3. The number of hydrogen-bond donors (Lipinski definition) is 1. The third-order valence-corrected chi connectivity index (χ3v) is 6.16. The van der Waals surface area contributed by atoms with Gasteiger partial charge in [-0.05, 0) is 41.5 Å². The predicted octanol–water partition coefficient (Wildman–Crippen LogP) is 3.53. The lowest BCUT2D eigenvalue weighted by Gasteiger charge is -2.36. The summed E-state index contributed by atoms with van der Waals surface area (Å²) in [6.07, 6.45) is 0.209. The van der Waals surface area contributed by atoms with Crippen LogP contribution in [-0.2, 0) is 16.0 Å². The number of nitrogens with zero attached hydrogens (tertiary/aromatic N) is 2. The molecule has 1 aliphatic heterocycles. The van der Waals surface area contributed by atoms with E-state index < -0.39 is 6.04 Å². The fourth-order valence-electron chi connectivity index (χ4n) is 4.18. The van der Waals surface area contributed by atoms with Crippen molar-refractivity contribution >= 4 is 40.1 Å². The monoisotopic (exact) mass is 463 g/mol. The fourth-order valence-corrected chi connectivity index (χ4v) is 4.37. The second-order valence-corrected chi connectivity index (χ2v) is 8.67. The standard InChI is InChI=1S/C26H26ClN3O3/c1-18(28-24(31)17-20-8-4-7-19-6-2-3-11-23(19)20)25(32)29-12-14-30(15-13-29)26(33)21-9-5-10-22(27)16-21/h2-11,16,18H,12-15,17H2,1H3,(H,28,31). The van der Waals surface area contributed by atoms with Gasteiger partial charge in [-0.2, -0.15) is 0 Å². The van der Waals surface area contributed by atoms with Crippen molar-refractivity contribution in [1.82, 2.24) is 15.1 Å². The van der Waals surface area contributed by atoms with Crippen molar-refractivity contribution < 1.29 is 14.4 Å². The molecule has 3 aromatic rings. The van der Waals surface area contributed by atoms with Gasteiger partial charge in [-0.1, -0.05) is 60.1 Å². The zero-order chi connectivity index (χ0) is 23.4. The quantitative estimate of drug-likeness (QED) is 0.629. The highest BCUT2D eigenvalue weighted by molar-refractivity contribution is 6.30. The summed E-state index contributed by atoms with van der Waals surface area (Å²) in [6, 6.07) is 20.0. The normalized spacial score (nSPS) is 14.7. The van der Waals surface area contributed by atoms with E-state index in [2.05, 4.69) is 5.32 Å². The van der Waals surface area contributed by atoms with Gasteiger partial charge < -0.3 is 15.1 Å². The lowest BCUT2D eigenvalue weighted by Crippen LogP contribution is -2.55. The minimum atomic E-state index is -0.636. The summed E-state index contributed by atoms with van der Waals surface area (Å²) in [5.41, 5.74) is 1.47. The van der Waals surface area contributed by atoms with E-state index in [1.54, 1.807) is 41.0 Å². The van der Waals surface area contributed by atoms with E-state index in [4.69, 9.17) is 11.6 Å². The maximum Gasteiger partial charge on any atom is 0.254 e. The highest BCUT2D eigenvalue weighted by Gasteiger charge is 2.28. The molecule has 0 spiro atoms. The molecule has 0 aromatic heterocycles. The van der Waals surface area contributed by atoms with Gasteiger partial charge in [-0.3, -0.25) is 14.4 Å². The number of carbonyl (C=O) groups excluding carboxylic acids is 3. The first-order chi connectivity index (χ1) is 15.9. The second kappa shape index (κ2) is 10.0. The number of fused-ring (bicyclic) bond motifs is 1. The van der Waals surface area contributed by atoms with Crippen molar-refractivity contribution in [3.63, 3.8) is 0 Å². The van der Waals surface area contributed by atoms with Gasteiger partial charge in [0.1, 0.15) is 6.04 Å². The van der Waals surface area contributed by atoms with Crippen LogP contribution in [0.3, 0.4) is 0 Å². The first-order valence-electron chi connectivity index (χ1n) is 11.0. The van der Waals surface area contributed by atoms with Crippen molar-refractivity contribution in [2.24, 2.45) is 0 Å². The Hall–Kier alpha value is -3.38.